The number of aryl methyl sites for hydroxylation is 1. The van der Waals surface area contributed by atoms with E-state index < -0.39 is 6.10 Å². The molecule has 0 aliphatic heterocycles. The van der Waals surface area contributed by atoms with Gasteiger partial charge in [-0.1, -0.05) is 18.2 Å². The van der Waals surface area contributed by atoms with Crippen LogP contribution in [0.3, 0.4) is 0 Å². The molecule has 0 radical (unpaired) electrons. The summed E-state index contributed by atoms with van der Waals surface area (Å²) in [5.74, 6) is 0.856. The zero-order valence-corrected chi connectivity index (χ0v) is 10.4. The summed E-state index contributed by atoms with van der Waals surface area (Å²) in [6.45, 7) is 4.60. The zero-order valence-electron chi connectivity index (χ0n) is 10.4. The molecule has 0 bridgehead atoms. The molecule has 3 nitrogen and oxygen atoms in total. The average Bonchev–Trinajstić information content (AvgIpc) is 3.13. The molecule has 1 aromatic carbocycles. The standard InChI is InChI=1S/C14H18N2O/c1-10-4-3-5-12(9-16-13-6-7-13)14(10)17-11(2)8-15/h3-5,11,13,16H,6-7,9H2,1-2H3. The van der Waals surface area contributed by atoms with E-state index in [4.69, 9.17) is 10.00 Å². The first-order valence-corrected chi connectivity index (χ1v) is 6.09. The summed E-state index contributed by atoms with van der Waals surface area (Å²) in [5, 5.41) is 12.3. The lowest BCUT2D eigenvalue weighted by atomic mass is 10.1. The van der Waals surface area contributed by atoms with E-state index >= 15 is 0 Å². The predicted molar refractivity (Wildman–Crippen MR) is 66.7 cm³/mol. The maximum Gasteiger partial charge on any atom is 0.181 e. The van der Waals surface area contributed by atoms with Gasteiger partial charge in [-0.15, -0.1) is 0 Å². The highest BCUT2D eigenvalue weighted by atomic mass is 16.5. The molecular weight excluding hydrogens is 212 g/mol. The predicted octanol–water partition coefficient (Wildman–Crippen LogP) is 2.54. The molecule has 1 N–H and O–H groups in total. The largest absolute Gasteiger partial charge is 0.475 e. The number of hydrogen-bond donors (Lipinski definition) is 1. The van der Waals surface area contributed by atoms with Gasteiger partial charge in [0.1, 0.15) is 11.8 Å². The van der Waals surface area contributed by atoms with Crippen molar-refractivity contribution in [3.8, 4) is 11.8 Å². The highest BCUT2D eigenvalue weighted by Gasteiger charge is 2.21. The number of nitrogens with zero attached hydrogens (tertiary/aromatic N) is 1. The molecule has 0 aromatic heterocycles. The summed E-state index contributed by atoms with van der Waals surface area (Å²) < 4.78 is 5.68. The van der Waals surface area contributed by atoms with Gasteiger partial charge in [0.25, 0.3) is 0 Å². The van der Waals surface area contributed by atoms with Crippen molar-refractivity contribution < 1.29 is 4.74 Å². The maximum absolute atomic E-state index is 8.82. The first-order chi connectivity index (χ1) is 8.20. The summed E-state index contributed by atoms with van der Waals surface area (Å²) in [6, 6.07) is 8.88. The van der Waals surface area contributed by atoms with Crippen LogP contribution in [0.5, 0.6) is 5.75 Å². The van der Waals surface area contributed by atoms with Crippen molar-refractivity contribution in [2.45, 2.75) is 45.4 Å². The van der Waals surface area contributed by atoms with Crippen LogP contribution in [0.1, 0.15) is 30.9 Å². The van der Waals surface area contributed by atoms with Crippen molar-refractivity contribution in [1.82, 2.24) is 5.32 Å². The molecule has 2 rings (SSSR count). The molecule has 90 valence electrons. The minimum atomic E-state index is -0.407. The second-order valence-electron chi connectivity index (χ2n) is 4.61. The molecule has 1 aliphatic rings. The van der Waals surface area contributed by atoms with E-state index in [1.165, 1.54) is 12.8 Å². The first kappa shape index (κ1) is 11.9. The van der Waals surface area contributed by atoms with Crippen LogP contribution in [0, 0.1) is 18.3 Å². The molecule has 1 saturated carbocycles. The summed E-state index contributed by atoms with van der Waals surface area (Å²) in [5.41, 5.74) is 2.22. The molecule has 0 heterocycles. The Morgan fingerprint density at radius 3 is 2.94 bits per heavy atom. The van der Waals surface area contributed by atoms with E-state index in [9.17, 15) is 0 Å². The number of ether oxygens (including phenoxy) is 1. The molecule has 0 spiro atoms. The lowest BCUT2D eigenvalue weighted by Gasteiger charge is -2.15. The zero-order chi connectivity index (χ0) is 12.3. The van der Waals surface area contributed by atoms with Gasteiger partial charge in [-0.3, -0.25) is 0 Å². The number of hydrogen-bond acceptors (Lipinski definition) is 3. The Labute approximate surface area is 102 Å². The van der Waals surface area contributed by atoms with Crippen LogP contribution in [-0.4, -0.2) is 12.1 Å². The maximum atomic E-state index is 8.82. The van der Waals surface area contributed by atoms with E-state index in [1.807, 2.05) is 19.1 Å². The molecular formula is C14H18N2O. The van der Waals surface area contributed by atoms with Gasteiger partial charge in [-0.2, -0.15) is 5.26 Å². The first-order valence-electron chi connectivity index (χ1n) is 6.09. The van der Waals surface area contributed by atoms with Gasteiger partial charge in [0.05, 0.1) is 0 Å². The number of nitrogens with one attached hydrogen (secondary N) is 1. The number of rotatable bonds is 5. The van der Waals surface area contributed by atoms with Crippen molar-refractivity contribution in [2.75, 3.05) is 0 Å². The minimum absolute atomic E-state index is 0.407. The second-order valence-corrected chi connectivity index (χ2v) is 4.61. The third-order valence-corrected chi connectivity index (χ3v) is 2.93. The van der Waals surface area contributed by atoms with Crippen LogP contribution in [0.2, 0.25) is 0 Å². The Balaban J connectivity index is 2.11. The third-order valence-electron chi connectivity index (χ3n) is 2.93. The topological polar surface area (TPSA) is 45.0 Å². The van der Waals surface area contributed by atoms with Gasteiger partial charge in [0, 0.05) is 18.2 Å². The Morgan fingerprint density at radius 2 is 2.29 bits per heavy atom. The van der Waals surface area contributed by atoms with E-state index in [0.717, 1.165) is 23.4 Å². The van der Waals surface area contributed by atoms with Crippen LogP contribution in [0.25, 0.3) is 0 Å². The van der Waals surface area contributed by atoms with Crippen molar-refractivity contribution in [3.63, 3.8) is 0 Å². The summed E-state index contributed by atoms with van der Waals surface area (Å²) in [4.78, 5) is 0. The highest BCUT2D eigenvalue weighted by Crippen LogP contribution is 2.26. The van der Waals surface area contributed by atoms with E-state index in [1.54, 1.807) is 6.92 Å². The molecule has 1 aromatic rings. The Morgan fingerprint density at radius 1 is 1.53 bits per heavy atom. The quantitative estimate of drug-likeness (QED) is 0.845. The fourth-order valence-corrected chi connectivity index (χ4v) is 1.77. The monoisotopic (exact) mass is 230 g/mol. The van der Waals surface area contributed by atoms with Gasteiger partial charge in [-0.05, 0) is 32.3 Å². The van der Waals surface area contributed by atoms with Crippen molar-refractivity contribution >= 4 is 0 Å². The second kappa shape index (κ2) is 5.20. The normalized spacial score (nSPS) is 16.3. The van der Waals surface area contributed by atoms with Crippen molar-refractivity contribution in [2.24, 2.45) is 0 Å². The fraction of sp³-hybridized carbons (Fsp3) is 0.500. The minimum Gasteiger partial charge on any atom is -0.475 e. The molecule has 0 amide bonds. The fourth-order valence-electron chi connectivity index (χ4n) is 1.77. The highest BCUT2D eigenvalue weighted by molar-refractivity contribution is 5.41. The van der Waals surface area contributed by atoms with Gasteiger partial charge < -0.3 is 10.1 Å². The van der Waals surface area contributed by atoms with Crippen LogP contribution in [-0.2, 0) is 6.54 Å². The van der Waals surface area contributed by atoms with E-state index in [2.05, 4.69) is 17.5 Å². The molecule has 1 fully saturated rings. The lowest BCUT2D eigenvalue weighted by molar-refractivity contribution is 0.271. The molecule has 17 heavy (non-hydrogen) atoms. The molecule has 1 unspecified atom stereocenters. The smallest absolute Gasteiger partial charge is 0.181 e. The van der Waals surface area contributed by atoms with Gasteiger partial charge in [0.15, 0.2) is 6.10 Å². The van der Waals surface area contributed by atoms with Crippen LogP contribution in [0.4, 0.5) is 0 Å². The third kappa shape index (κ3) is 3.21. The number of para-hydroxylation sites is 1. The molecule has 0 saturated heterocycles. The summed E-state index contributed by atoms with van der Waals surface area (Å²) >= 11 is 0. The van der Waals surface area contributed by atoms with Crippen molar-refractivity contribution in [1.29, 1.82) is 5.26 Å². The average molecular weight is 230 g/mol. The van der Waals surface area contributed by atoms with Crippen LogP contribution >= 0.6 is 0 Å². The van der Waals surface area contributed by atoms with Crippen LogP contribution < -0.4 is 10.1 Å². The Kier molecular flexibility index (Phi) is 3.65. The molecule has 1 aliphatic carbocycles. The van der Waals surface area contributed by atoms with E-state index in [0.29, 0.717) is 6.04 Å². The number of benzene rings is 1. The van der Waals surface area contributed by atoms with Gasteiger partial charge in [0.2, 0.25) is 0 Å². The molecule has 1 atom stereocenters. The Bertz CT molecular complexity index is 432. The summed E-state index contributed by atoms with van der Waals surface area (Å²) in [7, 11) is 0. The van der Waals surface area contributed by atoms with Crippen LogP contribution in [0.15, 0.2) is 18.2 Å². The number of nitriles is 1. The SMILES string of the molecule is Cc1cccc(CNC2CC2)c1OC(C)C#N. The molecule has 3 heteroatoms. The summed E-state index contributed by atoms with van der Waals surface area (Å²) in [6.07, 6.45) is 2.14. The van der Waals surface area contributed by atoms with Gasteiger partial charge >= 0.3 is 0 Å². The van der Waals surface area contributed by atoms with Crippen molar-refractivity contribution in [3.05, 3.63) is 29.3 Å². The van der Waals surface area contributed by atoms with E-state index in [-0.39, 0.29) is 0 Å². The lowest BCUT2D eigenvalue weighted by Crippen LogP contribution is -2.18. The van der Waals surface area contributed by atoms with Gasteiger partial charge in [-0.25, -0.2) is 0 Å². The Hall–Kier alpha value is -1.53.